The molecule has 6 aliphatic rings. The molecule has 6 fully saturated rings. The van der Waals surface area contributed by atoms with Gasteiger partial charge in [0, 0.05) is 72.4 Å². The Bertz CT molecular complexity index is 609. The maximum Gasteiger partial charge on any atom is 0.219 e. The SMILES string of the molecule is CC(=O)N1CCN(C)CC1.CN1CCC1.CN1CCCC1.CN1CCCCC1.CN1CCN(C)CC1.CN1CCOCC1. The third-order valence-electron chi connectivity index (χ3n) is 8.90. The average molecular weight is 613 g/mol. The largest absolute Gasteiger partial charge is 0.379 e. The molecule has 0 atom stereocenters. The van der Waals surface area contributed by atoms with Crippen LogP contribution >= 0.6 is 0 Å². The number of piperidine rings is 1. The predicted octanol–water partition coefficient (Wildman–Crippen LogP) is 1.73. The highest BCUT2D eigenvalue weighted by atomic mass is 16.5. The van der Waals surface area contributed by atoms with Crippen molar-refractivity contribution in [2.45, 2.75) is 45.4 Å². The Morgan fingerprint density at radius 2 is 0.651 bits per heavy atom. The third kappa shape index (κ3) is 23.2. The molecule has 1 amide bonds. The van der Waals surface area contributed by atoms with Gasteiger partial charge in [-0.25, -0.2) is 0 Å². The molecule has 256 valence electrons. The van der Waals surface area contributed by atoms with Crippen molar-refractivity contribution in [2.24, 2.45) is 0 Å². The zero-order valence-electron chi connectivity index (χ0n) is 29.9. The number of carbonyl (C=O) groups is 1. The molecule has 0 saturated carbocycles. The van der Waals surface area contributed by atoms with E-state index in [-0.39, 0.29) is 5.91 Å². The first-order valence-electron chi connectivity index (χ1n) is 17.2. The minimum Gasteiger partial charge on any atom is -0.379 e. The van der Waals surface area contributed by atoms with Gasteiger partial charge in [-0.05, 0) is 121 Å². The van der Waals surface area contributed by atoms with Gasteiger partial charge in [0.05, 0.1) is 13.2 Å². The van der Waals surface area contributed by atoms with Gasteiger partial charge in [0.2, 0.25) is 5.91 Å². The molecule has 6 heterocycles. The molecular formula is C33H72N8O2. The summed E-state index contributed by atoms with van der Waals surface area (Å²) < 4.78 is 5.10. The van der Waals surface area contributed by atoms with Crippen LogP contribution < -0.4 is 0 Å². The summed E-state index contributed by atoms with van der Waals surface area (Å²) >= 11 is 0. The van der Waals surface area contributed by atoms with E-state index in [0.29, 0.717) is 0 Å². The van der Waals surface area contributed by atoms with E-state index < -0.39 is 0 Å². The lowest BCUT2D eigenvalue weighted by Gasteiger charge is -2.31. The van der Waals surface area contributed by atoms with Gasteiger partial charge < -0.3 is 43.9 Å². The number of likely N-dealkylation sites (N-methyl/N-ethyl adjacent to an activating group) is 4. The van der Waals surface area contributed by atoms with Crippen LogP contribution in [0.2, 0.25) is 0 Å². The van der Waals surface area contributed by atoms with Crippen LogP contribution in [0.1, 0.15) is 45.4 Å². The first-order chi connectivity index (χ1) is 20.6. The van der Waals surface area contributed by atoms with Gasteiger partial charge in [-0.15, -0.1) is 0 Å². The topological polar surface area (TPSA) is 52.2 Å². The van der Waals surface area contributed by atoms with Gasteiger partial charge in [-0.3, -0.25) is 4.79 Å². The number of hydrogen-bond donors (Lipinski definition) is 0. The van der Waals surface area contributed by atoms with Crippen molar-refractivity contribution < 1.29 is 9.53 Å². The fourth-order valence-electron chi connectivity index (χ4n) is 5.08. The third-order valence-corrected chi connectivity index (χ3v) is 8.90. The molecule has 0 spiro atoms. The molecule has 43 heavy (non-hydrogen) atoms. The zero-order valence-corrected chi connectivity index (χ0v) is 29.9. The van der Waals surface area contributed by atoms with E-state index >= 15 is 0 Å². The molecule has 0 unspecified atom stereocenters. The number of amides is 1. The molecule has 10 heteroatoms. The average Bonchev–Trinajstić information content (AvgIpc) is 3.47. The second-order valence-corrected chi connectivity index (χ2v) is 13.4. The van der Waals surface area contributed by atoms with E-state index in [1.54, 1.807) is 6.92 Å². The van der Waals surface area contributed by atoms with Crippen molar-refractivity contribution in [1.29, 1.82) is 0 Å². The predicted molar refractivity (Wildman–Crippen MR) is 183 cm³/mol. The van der Waals surface area contributed by atoms with Crippen LogP contribution in [0.15, 0.2) is 0 Å². The monoisotopic (exact) mass is 613 g/mol. The van der Waals surface area contributed by atoms with Crippen LogP contribution in [0.5, 0.6) is 0 Å². The van der Waals surface area contributed by atoms with Crippen LogP contribution in [0, 0.1) is 0 Å². The summed E-state index contributed by atoms with van der Waals surface area (Å²) in [4.78, 5) is 29.0. The fourth-order valence-corrected chi connectivity index (χ4v) is 5.08. The van der Waals surface area contributed by atoms with E-state index in [9.17, 15) is 4.79 Å². The van der Waals surface area contributed by atoms with Crippen LogP contribution in [0.25, 0.3) is 0 Å². The Balaban J connectivity index is 0.000000261. The molecule has 0 bridgehead atoms. The highest BCUT2D eigenvalue weighted by Crippen LogP contribution is 2.05. The van der Waals surface area contributed by atoms with Crippen molar-refractivity contribution in [3.8, 4) is 0 Å². The van der Waals surface area contributed by atoms with Gasteiger partial charge in [-0.1, -0.05) is 6.42 Å². The van der Waals surface area contributed by atoms with E-state index in [4.69, 9.17) is 4.74 Å². The minimum atomic E-state index is 0.202. The first kappa shape index (κ1) is 40.2. The second-order valence-electron chi connectivity index (χ2n) is 13.4. The minimum absolute atomic E-state index is 0.202. The highest BCUT2D eigenvalue weighted by Gasteiger charge is 2.14. The van der Waals surface area contributed by atoms with E-state index in [2.05, 4.69) is 83.6 Å². The Morgan fingerprint density at radius 1 is 0.372 bits per heavy atom. The normalized spacial score (nSPS) is 24.6. The summed E-state index contributed by atoms with van der Waals surface area (Å²) in [5.74, 6) is 0.202. The molecule has 6 saturated heterocycles. The smallest absolute Gasteiger partial charge is 0.219 e. The Kier molecular flexibility index (Phi) is 23.7. The Hall–Kier alpha value is -0.850. The van der Waals surface area contributed by atoms with Crippen molar-refractivity contribution in [1.82, 2.24) is 39.2 Å². The Labute approximate surface area is 267 Å². The summed E-state index contributed by atoms with van der Waals surface area (Å²) in [6.07, 6.45) is 8.51. The van der Waals surface area contributed by atoms with E-state index in [1.807, 2.05) is 4.90 Å². The molecule has 10 nitrogen and oxygen atoms in total. The summed E-state index contributed by atoms with van der Waals surface area (Å²) in [6.45, 7) is 22.3. The molecular weight excluding hydrogens is 540 g/mol. The van der Waals surface area contributed by atoms with Gasteiger partial charge in [-0.2, -0.15) is 0 Å². The standard InChI is InChI=1S/C7H14N2O.C6H14N2.C6H13N.C5H11NO.C5H11N.C4H9N/c1-7(10)9-5-3-8(2)4-6-9;1-7-3-5-8(2)6-4-7;1-7-5-3-2-4-6-7;1-6-2-4-7-5-3-6;1-6-4-2-3-5-6;1-5-3-2-4-5/h3-6H2,1-2H3;3-6H2,1-2H3;2-6H2,1H3;2-5H2,1H3;2-5H2,1H3;2-4H2,1H3. The molecule has 0 aromatic carbocycles. The molecule has 0 N–H and O–H groups in total. The maximum atomic E-state index is 10.8. The lowest BCUT2D eigenvalue weighted by molar-refractivity contribution is -0.130. The highest BCUT2D eigenvalue weighted by molar-refractivity contribution is 5.73. The van der Waals surface area contributed by atoms with Crippen LogP contribution in [-0.4, -0.2) is 212 Å². The van der Waals surface area contributed by atoms with Crippen LogP contribution in [0.4, 0.5) is 0 Å². The van der Waals surface area contributed by atoms with Crippen LogP contribution in [0.3, 0.4) is 0 Å². The van der Waals surface area contributed by atoms with Gasteiger partial charge in [0.1, 0.15) is 0 Å². The summed E-state index contributed by atoms with van der Waals surface area (Å²) in [6, 6.07) is 0. The molecule has 0 aliphatic carbocycles. The van der Waals surface area contributed by atoms with Gasteiger partial charge >= 0.3 is 0 Å². The summed E-state index contributed by atoms with van der Waals surface area (Å²) in [7, 11) is 15.1. The van der Waals surface area contributed by atoms with E-state index in [0.717, 1.165) is 52.5 Å². The van der Waals surface area contributed by atoms with Gasteiger partial charge in [0.15, 0.2) is 0 Å². The summed E-state index contributed by atoms with van der Waals surface area (Å²) in [5.41, 5.74) is 0. The lowest BCUT2D eigenvalue weighted by Crippen LogP contribution is -2.46. The number of likely N-dealkylation sites (tertiary alicyclic amines) is 3. The molecule has 6 aliphatic heterocycles. The quantitative estimate of drug-likeness (QED) is 0.407. The number of carbonyl (C=O) groups excluding carboxylic acids is 1. The van der Waals surface area contributed by atoms with Crippen molar-refractivity contribution >= 4 is 5.91 Å². The molecule has 0 aromatic rings. The number of nitrogens with zero attached hydrogens (tertiary/aromatic N) is 8. The Morgan fingerprint density at radius 3 is 0.860 bits per heavy atom. The number of ether oxygens (including phenoxy) is 1. The molecule has 6 rings (SSSR count). The zero-order chi connectivity index (χ0) is 31.9. The van der Waals surface area contributed by atoms with E-state index in [1.165, 1.54) is 104 Å². The van der Waals surface area contributed by atoms with Crippen LogP contribution in [-0.2, 0) is 9.53 Å². The number of morpholine rings is 1. The number of hydrogen-bond acceptors (Lipinski definition) is 9. The molecule has 0 aromatic heterocycles. The van der Waals surface area contributed by atoms with Gasteiger partial charge in [0.25, 0.3) is 0 Å². The number of rotatable bonds is 0. The van der Waals surface area contributed by atoms with Crippen molar-refractivity contribution in [3.05, 3.63) is 0 Å². The fraction of sp³-hybridized carbons (Fsp3) is 0.970. The number of piperazine rings is 2. The summed E-state index contributed by atoms with van der Waals surface area (Å²) in [5, 5.41) is 0. The first-order valence-corrected chi connectivity index (χ1v) is 17.2. The van der Waals surface area contributed by atoms with Crippen molar-refractivity contribution in [2.75, 3.05) is 167 Å². The maximum absolute atomic E-state index is 10.8. The second kappa shape index (κ2) is 25.4. The van der Waals surface area contributed by atoms with Crippen molar-refractivity contribution in [3.63, 3.8) is 0 Å². The lowest BCUT2D eigenvalue weighted by atomic mass is 10.1. The molecule has 0 radical (unpaired) electrons.